The van der Waals surface area contributed by atoms with Crippen molar-refractivity contribution in [1.29, 1.82) is 0 Å². The number of aryl methyl sites for hydroxylation is 1. The first-order valence-corrected chi connectivity index (χ1v) is 9.90. The molecule has 0 saturated heterocycles. The van der Waals surface area contributed by atoms with Gasteiger partial charge in [0.25, 0.3) is 0 Å². The molecule has 1 nitrogen and oxygen atoms in total. The smallest absolute Gasteiger partial charge is 0.132 e. The number of halogens is 1. The molecule has 25 heavy (non-hydrogen) atoms. The summed E-state index contributed by atoms with van der Waals surface area (Å²) in [6.45, 7) is 4.26. The van der Waals surface area contributed by atoms with Gasteiger partial charge in [-0.05, 0) is 73.8 Å². The first-order chi connectivity index (χ1) is 12.2. The molecule has 2 heteroatoms. The van der Waals surface area contributed by atoms with Gasteiger partial charge in [-0.2, -0.15) is 0 Å². The van der Waals surface area contributed by atoms with Crippen molar-refractivity contribution >= 4 is 0 Å². The van der Waals surface area contributed by atoms with Crippen LogP contribution in [0, 0.1) is 18.7 Å². The number of hydrogen-bond acceptors (Lipinski definition) is 1. The molecule has 0 N–H and O–H groups in total. The van der Waals surface area contributed by atoms with Crippen LogP contribution in [0.25, 0.3) is 11.3 Å². The predicted octanol–water partition coefficient (Wildman–Crippen LogP) is 7.05. The summed E-state index contributed by atoms with van der Waals surface area (Å²) in [5.41, 5.74) is 3.59. The second-order valence-corrected chi connectivity index (χ2v) is 7.67. The van der Waals surface area contributed by atoms with Gasteiger partial charge < -0.3 is 0 Å². The van der Waals surface area contributed by atoms with E-state index in [1.807, 2.05) is 25.1 Å². The minimum Gasteiger partial charge on any atom is -0.256 e. The Morgan fingerprint density at radius 2 is 1.84 bits per heavy atom. The third kappa shape index (κ3) is 4.68. The molecule has 1 aliphatic rings. The maximum Gasteiger partial charge on any atom is 0.132 e. The molecule has 134 valence electrons. The molecule has 1 saturated carbocycles. The van der Waals surface area contributed by atoms with E-state index in [0.29, 0.717) is 17.2 Å². The van der Waals surface area contributed by atoms with E-state index < -0.39 is 0 Å². The van der Waals surface area contributed by atoms with Crippen molar-refractivity contribution in [3.63, 3.8) is 0 Å². The normalized spacial score (nSPS) is 20.6. The van der Waals surface area contributed by atoms with Crippen LogP contribution in [0.15, 0.2) is 36.5 Å². The van der Waals surface area contributed by atoms with E-state index in [9.17, 15) is 4.39 Å². The second-order valence-electron chi connectivity index (χ2n) is 7.67. The Morgan fingerprint density at radius 3 is 2.48 bits per heavy atom. The Bertz CT molecular complexity index is 669. The molecule has 0 atom stereocenters. The molecule has 1 heterocycles. The first-order valence-electron chi connectivity index (χ1n) is 9.90. The Balaban J connectivity index is 1.63. The quantitative estimate of drug-likeness (QED) is 0.514. The summed E-state index contributed by atoms with van der Waals surface area (Å²) in [4.78, 5) is 4.36. The summed E-state index contributed by atoms with van der Waals surface area (Å²) < 4.78 is 14.6. The van der Waals surface area contributed by atoms with Gasteiger partial charge in [0.2, 0.25) is 0 Å². The minimum absolute atomic E-state index is 0.140. The SMILES string of the molecule is CCCCC[C@H]1CC[C@H](c2ccc(-c3ccc(C)cn3)c(F)c2)CC1. The summed E-state index contributed by atoms with van der Waals surface area (Å²) in [6, 6.07) is 9.65. The summed E-state index contributed by atoms with van der Waals surface area (Å²) in [5, 5.41) is 0. The highest BCUT2D eigenvalue weighted by molar-refractivity contribution is 5.60. The van der Waals surface area contributed by atoms with E-state index >= 15 is 0 Å². The van der Waals surface area contributed by atoms with Crippen LogP contribution in [0.2, 0.25) is 0 Å². The number of pyridine rings is 1. The van der Waals surface area contributed by atoms with Crippen LogP contribution in [0.5, 0.6) is 0 Å². The lowest BCUT2D eigenvalue weighted by atomic mass is 9.77. The van der Waals surface area contributed by atoms with Crippen molar-refractivity contribution in [2.45, 2.75) is 71.1 Å². The average molecular weight is 339 g/mol. The van der Waals surface area contributed by atoms with Crippen molar-refractivity contribution in [2.75, 3.05) is 0 Å². The molecular formula is C23H30FN. The number of rotatable bonds is 6. The molecule has 0 unspecified atom stereocenters. The minimum atomic E-state index is -0.140. The van der Waals surface area contributed by atoms with Gasteiger partial charge in [0.1, 0.15) is 5.82 Å². The van der Waals surface area contributed by atoms with Crippen molar-refractivity contribution in [3.8, 4) is 11.3 Å². The van der Waals surface area contributed by atoms with Crippen molar-refractivity contribution in [1.82, 2.24) is 4.98 Å². The highest BCUT2D eigenvalue weighted by Crippen LogP contribution is 2.38. The fourth-order valence-electron chi connectivity index (χ4n) is 4.09. The number of unbranched alkanes of at least 4 members (excludes halogenated alkanes) is 2. The highest BCUT2D eigenvalue weighted by Gasteiger charge is 2.23. The molecule has 0 aliphatic heterocycles. The molecule has 2 aromatic rings. The molecular weight excluding hydrogens is 309 g/mol. The van der Waals surface area contributed by atoms with Crippen LogP contribution in [-0.2, 0) is 0 Å². The third-order valence-electron chi connectivity index (χ3n) is 5.71. The average Bonchev–Trinajstić information content (AvgIpc) is 2.63. The second kappa shape index (κ2) is 8.60. The maximum atomic E-state index is 14.6. The van der Waals surface area contributed by atoms with Crippen molar-refractivity contribution in [3.05, 3.63) is 53.5 Å². The van der Waals surface area contributed by atoms with Crippen molar-refractivity contribution < 1.29 is 4.39 Å². The molecule has 1 aliphatic carbocycles. The van der Waals surface area contributed by atoms with E-state index in [-0.39, 0.29) is 5.82 Å². The number of hydrogen-bond donors (Lipinski definition) is 0. The monoisotopic (exact) mass is 339 g/mol. The summed E-state index contributed by atoms with van der Waals surface area (Å²) in [7, 11) is 0. The lowest BCUT2D eigenvalue weighted by Crippen LogP contribution is -2.13. The maximum absolute atomic E-state index is 14.6. The molecule has 1 aromatic heterocycles. The Morgan fingerprint density at radius 1 is 1.04 bits per heavy atom. The fourth-order valence-corrected chi connectivity index (χ4v) is 4.09. The van der Waals surface area contributed by atoms with E-state index in [1.54, 1.807) is 12.3 Å². The molecule has 3 rings (SSSR count). The molecule has 0 bridgehead atoms. The molecule has 1 fully saturated rings. The van der Waals surface area contributed by atoms with Crippen LogP contribution < -0.4 is 0 Å². The summed E-state index contributed by atoms with van der Waals surface area (Å²) in [5.74, 6) is 1.28. The molecule has 1 aromatic carbocycles. The highest BCUT2D eigenvalue weighted by atomic mass is 19.1. The van der Waals surface area contributed by atoms with Crippen LogP contribution in [0.3, 0.4) is 0 Å². The van der Waals surface area contributed by atoms with Crippen LogP contribution in [-0.4, -0.2) is 4.98 Å². The van der Waals surface area contributed by atoms with E-state index in [1.165, 1.54) is 56.9 Å². The van der Waals surface area contributed by atoms with Gasteiger partial charge in [-0.3, -0.25) is 4.98 Å². The number of benzene rings is 1. The van der Waals surface area contributed by atoms with Gasteiger partial charge in [-0.25, -0.2) is 4.39 Å². The largest absolute Gasteiger partial charge is 0.256 e. The van der Waals surface area contributed by atoms with Crippen LogP contribution in [0.1, 0.15) is 75.3 Å². The molecule has 0 radical (unpaired) electrons. The zero-order valence-electron chi connectivity index (χ0n) is 15.6. The summed E-state index contributed by atoms with van der Waals surface area (Å²) in [6.07, 6.45) is 12.2. The van der Waals surface area contributed by atoms with Crippen LogP contribution >= 0.6 is 0 Å². The lowest BCUT2D eigenvalue weighted by molar-refractivity contribution is 0.302. The van der Waals surface area contributed by atoms with Gasteiger partial charge in [0, 0.05) is 11.8 Å². The third-order valence-corrected chi connectivity index (χ3v) is 5.71. The van der Waals surface area contributed by atoms with E-state index in [4.69, 9.17) is 0 Å². The van der Waals surface area contributed by atoms with Gasteiger partial charge in [-0.15, -0.1) is 0 Å². The van der Waals surface area contributed by atoms with E-state index in [0.717, 1.165) is 11.5 Å². The van der Waals surface area contributed by atoms with Gasteiger partial charge in [-0.1, -0.05) is 44.7 Å². The van der Waals surface area contributed by atoms with Gasteiger partial charge >= 0.3 is 0 Å². The fraction of sp³-hybridized carbons (Fsp3) is 0.522. The number of nitrogens with zero attached hydrogens (tertiary/aromatic N) is 1. The van der Waals surface area contributed by atoms with Crippen molar-refractivity contribution in [2.24, 2.45) is 5.92 Å². The lowest BCUT2D eigenvalue weighted by Gasteiger charge is -2.29. The van der Waals surface area contributed by atoms with Gasteiger partial charge in [0.05, 0.1) is 5.69 Å². The number of aromatic nitrogens is 1. The molecule has 0 amide bonds. The topological polar surface area (TPSA) is 12.9 Å². The first kappa shape index (κ1) is 18.1. The Kier molecular flexibility index (Phi) is 6.23. The molecule has 0 spiro atoms. The Hall–Kier alpha value is -1.70. The summed E-state index contributed by atoms with van der Waals surface area (Å²) >= 11 is 0. The Labute approximate surface area is 151 Å². The predicted molar refractivity (Wildman–Crippen MR) is 103 cm³/mol. The van der Waals surface area contributed by atoms with Gasteiger partial charge in [0.15, 0.2) is 0 Å². The standard InChI is InChI=1S/C23H30FN/c1-3-4-5-6-18-8-10-19(11-9-18)20-12-13-21(22(24)15-20)23-14-7-17(2)16-25-23/h7,12-16,18-19H,3-6,8-11H2,1-2H3/t18-,19-. The van der Waals surface area contributed by atoms with Crippen LogP contribution in [0.4, 0.5) is 4.39 Å². The zero-order valence-corrected chi connectivity index (χ0v) is 15.6. The zero-order chi connectivity index (χ0) is 17.6. The van der Waals surface area contributed by atoms with E-state index in [2.05, 4.69) is 18.0 Å².